The molecule has 0 unspecified atom stereocenters. The monoisotopic (exact) mass is 541 g/mol. The predicted molar refractivity (Wildman–Crippen MR) is 153 cm³/mol. The maximum atomic E-state index is 14.9. The summed E-state index contributed by atoms with van der Waals surface area (Å²) in [4.78, 5) is 48.8. The number of hydrogen-bond acceptors (Lipinski definition) is 7. The molecule has 1 aliphatic heterocycles. The van der Waals surface area contributed by atoms with Gasteiger partial charge in [0.15, 0.2) is 11.5 Å². The van der Waals surface area contributed by atoms with Crippen molar-refractivity contribution in [2.45, 2.75) is 46.6 Å². The molecule has 0 bridgehead atoms. The summed E-state index contributed by atoms with van der Waals surface area (Å²) in [5, 5.41) is 0. The van der Waals surface area contributed by atoms with Gasteiger partial charge in [0.25, 0.3) is 0 Å². The number of piperazine rings is 1. The minimum atomic E-state index is -0.532. The number of aromatic nitrogens is 5. The van der Waals surface area contributed by atoms with Crippen molar-refractivity contribution in [2.24, 2.45) is 0 Å². The van der Waals surface area contributed by atoms with Gasteiger partial charge < -0.3 is 9.80 Å². The molecule has 1 aliphatic rings. The molecule has 0 radical (unpaired) electrons. The van der Waals surface area contributed by atoms with Gasteiger partial charge in [-0.05, 0) is 56.5 Å². The minimum absolute atomic E-state index is 0.0106. The highest BCUT2D eigenvalue weighted by molar-refractivity contribution is 5.89. The quantitative estimate of drug-likeness (QED) is 0.347. The fraction of sp³-hybridized carbons (Fsp3) is 0.333. The number of carbonyl (C=O) groups excluding carboxylic acids is 1. The van der Waals surface area contributed by atoms with Crippen LogP contribution in [0.1, 0.15) is 43.6 Å². The molecule has 5 rings (SSSR count). The Morgan fingerprint density at radius 2 is 1.88 bits per heavy atom. The van der Waals surface area contributed by atoms with Gasteiger partial charge in [-0.3, -0.25) is 9.78 Å². The Balaban J connectivity index is 1.81. The highest BCUT2D eigenvalue weighted by Gasteiger charge is 2.31. The summed E-state index contributed by atoms with van der Waals surface area (Å²) in [7, 11) is 0. The largest absolute Gasteiger partial charge is 0.356 e. The van der Waals surface area contributed by atoms with Crippen LogP contribution in [0, 0.1) is 19.7 Å². The van der Waals surface area contributed by atoms with E-state index in [0.29, 0.717) is 53.6 Å². The maximum Gasteiger partial charge on any atom is 0.356 e. The normalized spacial score (nSPS) is 15.6. The first kappa shape index (κ1) is 27.1. The molecule has 10 heteroatoms. The molecule has 40 heavy (non-hydrogen) atoms. The zero-order chi connectivity index (χ0) is 28.7. The van der Waals surface area contributed by atoms with Crippen LogP contribution in [0.25, 0.3) is 28.1 Å². The molecule has 0 N–H and O–H groups in total. The van der Waals surface area contributed by atoms with Gasteiger partial charge in [-0.1, -0.05) is 32.6 Å². The van der Waals surface area contributed by atoms with E-state index in [4.69, 9.17) is 9.97 Å². The van der Waals surface area contributed by atoms with Crippen LogP contribution in [-0.4, -0.2) is 61.0 Å². The highest BCUT2D eigenvalue weighted by Crippen LogP contribution is 2.32. The van der Waals surface area contributed by atoms with Crippen molar-refractivity contribution in [2.75, 3.05) is 24.5 Å². The number of halogens is 1. The second-order valence-electron chi connectivity index (χ2n) is 10.4. The highest BCUT2D eigenvalue weighted by atomic mass is 19.1. The summed E-state index contributed by atoms with van der Waals surface area (Å²) >= 11 is 0. The molecule has 4 aromatic rings. The van der Waals surface area contributed by atoms with Gasteiger partial charge in [0.1, 0.15) is 11.3 Å². The molecular formula is C30H32FN7O2. The van der Waals surface area contributed by atoms with Crippen LogP contribution >= 0.6 is 0 Å². The molecule has 0 saturated carbocycles. The zero-order valence-electron chi connectivity index (χ0n) is 23.3. The molecule has 0 aliphatic carbocycles. The SMILES string of the molecule is C=CC(=O)N1CCN(c2nc(=O)n(-c3c(C)ccnc3C(C)C)c3nc(-c4ccccc4F)c(C)nc23)[C@@H](C)C1. The van der Waals surface area contributed by atoms with Crippen LogP contribution in [0.5, 0.6) is 0 Å². The summed E-state index contributed by atoms with van der Waals surface area (Å²) in [6.45, 7) is 14.6. The number of anilines is 1. The van der Waals surface area contributed by atoms with Gasteiger partial charge in [0.05, 0.1) is 22.8 Å². The maximum absolute atomic E-state index is 14.9. The third-order valence-electron chi connectivity index (χ3n) is 7.31. The Kier molecular flexibility index (Phi) is 7.18. The van der Waals surface area contributed by atoms with E-state index in [9.17, 15) is 14.0 Å². The van der Waals surface area contributed by atoms with Crippen LogP contribution in [0.3, 0.4) is 0 Å². The van der Waals surface area contributed by atoms with Crippen molar-refractivity contribution in [3.05, 3.63) is 82.4 Å². The van der Waals surface area contributed by atoms with Crippen LogP contribution in [0.4, 0.5) is 10.2 Å². The molecule has 4 heterocycles. The van der Waals surface area contributed by atoms with Gasteiger partial charge in [-0.25, -0.2) is 23.7 Å². The second kappa shape index (κ2) is 10.6. The fourth-order valence-corrected chi connectivity index (χ4v) is 5.30. The second-order valence-corrected chi connectivity index (χ2v) is 10.4. The van der Waals surface area contributed by atoms with E-state index in [0.717, 1.165) is 11.3 Å². The Morgan fingerprint density at radius 1 is 1.12 bits per heavy atom. The lowest BCUT2D eigenvalue weighted by Crippen LogP contribution is -2.54. The number of benzene rings is 1. The summed E-state index contributed by atoms with van der Waals surface area (Å²) in [5.41, 5.74) is 3.45. The van der Waals surface area contributed by atoms with E-state index >= 15 is 0 Å². The smallest absolute Gasteiger partial charge is 0.348 e. The summed E-state index contributed by atoms with van der Waals surface area (Å²) < 4.78 is 16.4. The lowest BCUT2D eigenvalue weighted by Gasteiger charge is -2.40. The van der Waals surface area contributed by atoms with Gasteiger partial charge in [0.2, 0.25) is 5.91 Å². The predicted octanol–water partition coefficient (Wildman–Crippen LogP) is 4.34. The standard InChI is InChI=1S/C30H32FN7O2/c1-7-23(39)36-14-15-37(19(5)16-36)28-26-29(34-25(20(6)33-26)21-10-8-9-11-22(21)31)38(30(40)35-28)27-18(4)12-13-32-24(27)17(2)3/h7-13,17,19H,1,14-16H2,2-6H3/t19-/m0/s1. The lowest BCUT2D eigenvalue weighted by molar-refractivity contribution is -0.126. The molecule has 1 saturated heterocycles. The van der Waals surface area contributed by atoms with E-state index < -0.39 is 11.5 Å². The van der Waals surface area contributed by atoms with Gasteiger partial charge in [-0.15, -0.1) is 0 Å². The van der Waals surface area contributed by atoms with E-state index in [2.05, 4.69) is 16.5 Å². The van der Waals surface area contributed by atoms with Crippen molar-refractivity contribution in [1.82, 2.24) is 29.4 Å². The number of fused-ring (bicyclic) bond motifs is 1. The third-order valence-corrected chi connectivity index (χ3v) is 7.31. The number of hydrogen-bond donors (Lipinski definition) is 0. The molecular weight excluding hydrogens is 509 g/mol. The number of amides is 1. The number of rotatable bonds is 5. The summed E-state index contributed by atoms with van der Waals surface area (Å²) in [6, 6.07) is 8.07. The van der Waals surface area contributed by atoms with Gasteiger partial charge in [0, 0.05) is 37.4 Å². The molecule has 1 amide bonds. The molecule has 1 aromatic carbocycles. The van der Waals surface area contributed by atoms with Crippen molar-refractivity contribution in [3.8, 4) is 16.9 Å². The van der Waals surface area contributed by atoms with Crippen molar-refractivity contribution >= 4 is 22.9 Å². The molecule has 1 atom stereocenters. The molecule has 1 fully saturated rings. The minimum Gasteiger partial charge on any atom is -0.348 e. The van der Waals surface area contributed by atoms with E-state index in [-0.39, 0.29) is 23.5 Å². The van der Waals surface area contributed by atoms with Crippen LogP contribution in [0.15, 0.2) is 54.0 Å². The molecule has 206 valence electrons. The Hall–Kier alpha value is -4.47. The van der Waals surface area contributed by atoms with Crippen LogP contribution in [-0.2, 0) is 4.79 Å². The third kappa shape index (κ3) is 4.63. The average molecular weight is 542 g/mol. The number of carbonyl (C=O) groups is 1. The molecule has 0 spiro atoms. The fourth-order valence-electron chi connectivity index (χ4n) is 5.30. The Bertz CT molecular complexity index is 1700. The first-order valence-electron chi connectivity index (χ1n) is 13.3. The summed E-state index contributed by atoms with van der Waals surface area (Å²) in [5.74, 6) is -0.174. The first-order valence-corrected chi connectivity index (χ1v) is 13.3. The first-order chi connectivity index (χ1) is 19.1. The lowest BCUT2D eigenvalue weighted by atomic mass is 10.0. The zero-order valence-corrected chi connectivity index (χ0v) is 23.3. The van der Waals surface area contributed by atoms with E-state index in [1.54, 1.807) is 36.2 Å². The number of pyridine rings is 1. The average Bonchev–Trinajstić information content (AvgIpc) is 2.93. The summed E-state index contributed by atoms with van der Waals surface area (Å²) in [6.07, 6.45) is 3.02. The van der Waals surface area contributed by atoms with Crippen LogP contribution in [0.2, 0.25) is 0 Å². The Labute approximate surface area is 232 Å². The number of aryl methyl sites for hydroxylation is 2. The number of nitrogens with zero attached hydrogens (tertiary/aromatic N) is 7. The molecule has 3 aromatic heterocycles. The molecule has 9 nitrogen and oxygen atoms in total. The van der Waals surface area contributed by atoms with Gasteiger partial charge >= 0.3 is 5.69 Å². The van der Waals surface area contributed by atoms with E-state index in [1.807, 2.05) is 38.7 Å². The topological polar surface area (TPSA) is 97.1 Å². The Morgan fingerprint density at radius 3 is 2.55 bits per heavy atom. The van der Waals surface area contributed by atoms with Crippen molar-refractivity contribution in [1.29, 1.82) is 0 Å². The van der Waals surface area contributed by atoms with Crippen LogP contribution < -0.4 is 10.6 Å². The van der Waals surface area contributed by atoms with Crippen molar-refractivity contribution < 1.29 is 9.18 Å². The van der Waals surface area contributed by atoms with Crippen molar-refractivity contribution in [3.63, 3.8) is 0 Å². The van der Waals surface area contributed by atoms with E-state index in [1.165, 1.54) is 16.7 Å². The van der Waals surface area contributed by atoms with Gasteiger partial charge in [-0.2, -0.15) is 4.98 Å².